The van der Waals surface area contributed by atoms with Crippen LogP contribution in [0.25, 0.3) is 0 Å². The zero-order chi connectivity index (χ0) is 14.8. The largest absolute Gasteiger partial charge is 0.310 e. The highest BCUT2D eigenvalue weighted by atomic mass is 15.1. The fourth-order valence-corrected chi connectivity index (χ4v) is 2.58. The first-order valence-corrected chi connectivity index (χ1v) is 8.21. The van der Waals surface area contributed by atoms with Crippen molar-refractivity contribution >= 4 is 0 Å². The highest BCUT2D eigenvalue weighted by molar-refractivity contribution is 5.18. The van der Waals surface area contributed by atoms with Crippen LogP contribution in [0.3, 0.4) is 0 Å². The van der Waals surface area contributed by atoms with Gasteiger partial charge < -0.3 is 10.2 Å². The van der Waals surface area contributed by atoms with Crippen molar-refractivity contribution in [1.82, 2.24) is 10.2 Å². The van der Waals surface area contributed by atoms with E-state index in [9.17, 15) is 0 Å². The van der Waals surface area contributed by atoms with Crippen LogP contribution < -0.4 is 5.32 Å². The Labute approximate surface area is 125 Å². The second-order valence-corrected chi connectivity index (χ2v) is 5.72. The van der Waals surface area contributed by atoms with E-state index in [0.717, 1.165) is 19.0 Å². The minimum Gasteiger partial charge on any atom is -0.310 e. The molecule has 114 valence electrons. The van der Waals surface area contributed by atoms with E-state index in [2.05, 4.69) is 68.2 Å². The molecular formula is C18H32N2. The Morgan fingerprint density at radius 2 is 1.80 bits per heavy atom. The Balaban J connectivity index is 2.53. The molecule has 0 bridgehead atoms. The van der Waals surface area contributed by atoms with Crippen molar-refractivity contribution in [3.63, 3.8) is 0 Å². The highest BCUT2D eigenvalue weighted by Crippen LogP contribution is 2.17. The predicted octanol–water partition coefficient (Wildman–Crippen LogP) is 4.10. The summed E-state index contributed by atoms with van der Waals surface area (Å²) in [6, 6.07) is 11.3. The van der Waals surface area contributed by atoms with Gasteiger partial charge in [-0.25, -0.2) is 0 Å². The maximum absolute atomic E-state index is 3.62. The molecule has 0 heterocycles. The van der Waals surface area contributed by atoms with Crippen LogP contribution in [-0.2, 0) is 0 Å². The summed E-state index contributed by atoms with van der Waals surface area (Å²) in [6.07, 6.45) is 2.45. The molecule has 2 unspecified atom stereocenters. The van der Waals surface area contributed by atoms with Crippen molar-refractivity contribution in [2.45, 2.75) is 46.6 Å². The first kappa shape index (κ1) is 17.2. The van der Waals surface area contributed by atoms with E-state index in [1.807, 2.05) is 0 Å². The topological polar surface area (TPSA) is 15.3 Å². The third-order valence-corrected chi connectivity index (χ3v) is 4.10. The van der Waals surface area contributed by atoms with Gasteiger partial charge in [0.25, 0.3) is 0 Å². The number of nitrogens with zero attached hydrogens (tertiary/aromatic N) is 1. The summed E-state index contributed by atoms with van der Waals surface area (Å²) in [5.41, 5.74) is 1.41. The maximum Gasteiger partial charge on any atom is 0.0332 e. The lowest BCUT2D eigenvalue weighted by Crippen LogP contribution is -2.32. The molecule has 0 aliphatic rings. The van der Waals surface area contributed by atoms with Crippen LogP contribution in [-0.4, -0.2) is 31.1 Å². The SMILES string of the molecule is CCNC(CCN(CC)CC(C)CC)c1ccccc1. The molecule has 1 aromatic carbocycles. The minimum atomic E-state index is 0.479. The summed E-state index contributed by atoms with van der Waals surface area (Å²) in [6.45, 7) is 13.7. The lowest BCUT2D eigenvalue weighted by molar-refractivity contribution is 0.233. The molecule has 0 fully saturated rings. The molecule has 1 rings (SSSR count). The molecule has 2 heteroatoms. The standard InChI is InChI=1S/C18H32N2/c1-5-16(4)15-20(7-3)14-13-18(19-6-2)17-11-9-8-10-12-17/h8-12,16,18-19H,5-7,13-15H2,1-4H3. The van der Waals surface area contributed by atoms with E-state index in [1.165, 1.54) is 31.5 Å². The Hall–Kier alpha value is -0.860. The first-order valence-electron chi connectivity index (χ1n) is 8.21. The molecule has 0 aromatic heterocycles. The van der Waals surface area contributed by atoms with Crippen molar-refractivity contribution in [2.24, 2.45) is 5.92 Å². The zero-order valence-corrected chi connectivity index (χ0v) is 13.7. The summed E-state index contributed by atoms with van der Waals surface area (Å²) < 4.78 is 0. The molecule has 0 aliphatic carbocycles. The van der Waals surface area contributed by atoms with Gasteiger partial charge in [0.15, 0.2) is 0 Å². The van der Waals surface area contributed by atoms with Gasteiger partial charge in [-0.1, -0.05) is 64.4 Å². The Morgan fingerprint density at radius 3 is 2.35 bits per heavy atom. The van der Waals surface area contributed by atoms with E-state index in [-0.39, 0.29) is 0 Å². The average Bonchev–Trinajstić information content (AvgIpc) is 2.50. The molecule has 0 radical (unpaired) electrons. The summed E-state index contributed by atoms with van der Waals surface area (Å²) in [5, 5.41) is 3.62. The molecule has 2 atom stereocenters. The van der Waals surface area contributed by atoms with Crippen molar-refractivity contribution in [2.75, 3.05) is 26.2 Å². The molecular weight excluding hydrogens is 244 g/mol. The fourth-order valence-electron chi connectivity index (χ4n) is 2.58. The average molecular weight is 276 g/mol. The molecule has 20 heavy (non-hydrogen) atoms. The van der Waals surface area contributed by atoms with E-state index in [1.54, 1.807) is 0 Å². The van der Waals surface area contributed by atoms with Crippen molar-refractivity contribution in [3.8, 4) is 0 Å². The van der Waals surface area contributed by atoms with Gasteiger partial charge in [0, 0.05) is 12.6 Å². The molecule has 0 saturated carbocycles. The molecule has 0 amide bonds. The molecule has 2 nitrogen and oxygen atoms in total. The van der Waals surface area contributed by atoms with Crippen LogP contribution in [0, 0.1) is 5.92 Å². The highest BCUT2D eigenvalue weighted by Gasteiger charge is 2.13. The summed E-state index contributed by atoms with van der Waals surface area (Å²) in [5.74, 6) is 0.796. The van der Waals surface area contributed by atoms with Crippen LogP contribution in [0.1, 0.15) is 52.1 Å². The maximum atomic E-state index is 3.62. The van der Waals surface area contributed by atoms with Crippen molar-refractivity contribution < 1.29 is 0 Å². The van der Waals surface area contributed by atoms with Gasteiger partial charge in [-0.3, -0.25) is 0 Å². The number of hydrogen-bond donors (Lipinski definition) is 1. The number of hydrogen-bond acceptors (Lipinski definition) is 2. The van der Waals surface area contributed by atoms with Crippen LogP contribution >= 0.6 is 0 Å². The second kappa shape index (κ2) is 9.95. The van der Waals surface area contributed by atoms with Crippen LogP contribution in [0.15, 0.2) is 30.3 Å². The first-order chi connectivity index (χ1) is 9.71. The quantitative estimate of drug-likeness (QED) is 0.692. The third kappa shape index (κ3) is 6.06. The fraction of sp³-hybridized carbons (Fsp3) is 0.667. The summed E-state index contributed by atoms with van der Waals surface area (Å²) >= 11 is 0. The van der Waals surface area contributed by atoms with Gasteiger partial charge in [-0.05, 0) is 37.5 Å². The van der Waals surface area contributed by atoms with E-state index >= 15 is 0 Å². The molecule has 0 saturated heterocycles. The minimum absolute atomic E-state index is 0.479. The van der Waals surface area contributed by atoms with Gasteiger partial charge in [-0.2, -0.15) is 0 Å². The van der Waals surface area contributed by atoms with Gasteiger partial charge in [-0.15, -0.1) is 0 Å². The lowest BCUT2D eigenvalue weighted by atomic mass is 10.0. The van der Waals surface area contributed by atoms with Crippen LogP contribution in [0.5, 0.6) is 0 Å². The van der Waals surface area contributed by atoms with Gasteiger partial charge in [0.05, 0.1) is 0 Å². The zero-order valence-electron chi connectivity index (χ0n) is 13.7. The number of nitrogens with one attached hydrogen (secondary N) is 1. The Kier molecular flexibility index (Phi) is 8.56. The Morgan fingerprint density at radius 1 is 1.10 bits per heavy atom. The van der Waals surface area contributed by atoms with Gasteiger partial charge in [0.1, 0.15) is 0 Å². The molecule has 0 aliphatic heterocycles. The van der Waals surface area contributed by atoms with E-state index < -0.39 is 0 Å². The summed E-state index contributed by atoms with van der Waals surface area (Å²) in [7, 11) is 0. The molecule has 0 spiro atoms. The Bertz CT molecular complexity index is 337. The van der Waals surface area contributed by atoms with Gasteiger partial charge in [0.2, 0.25) is 0 Å². The van der Waals surface area contributed by atoms with E-state index in [4.69, 9.17) is 0 Å². The molecule has 1 aromatic rings. The third-order valence-electron chi connectivity index (χ3n) is 4.10. The number of benzene rings is 1. The summed E-state index contributed by atoms with van der Waals surface area (Å²) in [4.78, 5) is 2.58. The second-order valence-electron chi connectivity index (χ2n) is 5.72. The normalized spacial score (nSPS) is 14.4. The smallest absolute Gasteiger partial charge is 0.0332 e. The predicted molar refractivity (Wildman–Crippen MR) is 89.0 cm³/mol. The lowest BCUT2D eigenvalue weighted by Gasteiger charge is -2.26. The molecule has 1 N–H and O–H groups in total. The van der Waals surface area contributed by atoms with Crippen LogP contribution in [0.4, 0.5) is 0 Å². The van der Waals surface area contributed by atoms with Gasteiger partial charge >= 0.3 is 0 Å². The van der Waals surface area contributed by atoms with Crippen LogP contribution in [0.2, 0.25) is 0 Å². The van der Waals surface area contributed by atoms with Crippen molar-refractivity contribution in [3.05, 3.63) is 35.9 Å². The van der Waals surface area contributed by atoms with E-state index in [0.29, 0.717) is 6.04 Å². The van der Waals surface area contributed by atoms with Crippen molar-refractivity contribution in [1.29, 1.82) is 0 Å². The monoisotopic (exact) mass is 276 g/mol. The number of rotatable bonds is 10.